The Morgan fingerprint density at radius 3 is 2.50 bits per heavy atom. The monoisotopic (exact) mass is 254 g/mol. The predicted molar refractivity (Wildman–Crippen MR) is 63.6 cm³/mol. The van der Waals surface area contributed by atoms with Crippen LogP contribution >= 0.6 is 0 Å². The topological polar surface area (TPSA) is 46.3 Å². The van der Waals surface area contributed by atoms with Crippen molar-refractivity contribution >= 4 is 5.91 Å². The number of hydrogen-bond donors (Lipinski definition) is 1. The normalized spacial score (nSPS) is 17.9. The van der Waals surface area contributed by atoms with Gasteiger partial charge in [0, 0.05) is 12.5 Å². The summed E-state index contributed by atoms with van der Waals surface area (Å²) in [5.41, 5.74) is 6.00. The molecule has 1 aromatic carbocycles. The number of carbonyl (C=O) groups excluding carboxylic acids is 1. The summed E-state index contributed by atoms with van der Waals surface area (Å²) in [7, 11) is 0. The van der Waals surface area contributed by atoms with Crippen molar-refractivity contribution in [1.82, 2.24) is 4.90 Å². The maximum atomic E-state index is 13.0. The van der Waals surface area contributed by atoms with Gasteiger partial charge in [-0.05, 0) is 43.6 Å². The summed E-state index contributed by atoms with van der Waals surface area (Å²) in [6, 6.07) is 3.94. The number of rotatable bonds is 3. The van der Waals surface area contributed by atoms with Crippen LogP contribution in [0.5, 0.6) is 0 Å². The van der Waals surface area contributed by atoms with E-state index in [1.165, 1.54) is 6.07 Å². The van der Waals surface area contributed by atoms with Crippen LogP contribution < -0.4 is 5.73 Å². The molecule has 0 aliphatic carbocycles. The largest absolute Gasteiger partial charge is 0.369 e. The molecule has 1 aliphatic heterocycles. The van der Waals surface area contributed by atoms with Crippen LogP contribution in [0.15, 0.2) is 18.2 Å². The van der Waals surface area contributed by atoms with E-state index < -0.39 is 11.6 Å². The maximum Gasteiger partial charge on any atom is 0.220 e. The van der Waals surface area contributed by atoms with E-state index in [0.29, 0.717) is 6.54 Å². The van der Waals surface area contributed by atoms with Gasteiger partial charge >= 0.3 is 0 Å². The number of halogens is 2. The van der Waals surface area contributed by atoms with Gasteiger partial charge in [0.05, 0.1) is 0 Å². The molecule has 2 N–H and O–H groups in total. The van der Waals surface area contributed by atoms with Gasteiger partial charge in [-0.15, -0.1) is 0 Å². The van der Waals surface area contributed by atoms with Gasteiger partial charge in [0.15, 0.2) is 11.6 Å². The molecule has 1 fully saturated rings. The molecule has 98 valence electrons. The molecular formula is C13H16F2N2O. The van der Waals surface area contributed by atoms with Gasteiger partial charge in [-0.3, -0.25) is 9.69 Å². The molecule has 1 aliphatic rings. The summed E-state index contributed by atoms with van der Waals surface area (Å²) in [5, 5.41) is 0. The summed E-state index contributed by atoms with van der Waals surface area (Å²) in [6.07, 6.45) is 1.47. The highest BCUT2D eigenvalue weighted by Crippen LogP contribution is 2.19. The van der Waals surface area contributed by atoms with Gasteiger partial charge in [-0.25, -0.2) is 8.78 Å². The molecule has 18 heavy (non-hydrogen) atoms. The molecule has 5 heteroatoms. The fourth-order valence-corrected chi connectivity index (χ4v) is 2.27. The van der Waals surface area contributed by atoms with E-state index in [-0.39, 0.29) is 11.8 Å². The zero-order valence-corrected chi connectivity index (χ0v) is 10.0. The van der Waals surface area contributed by atoms with Crippen molar-refractivity contribution in [3.8, 4) is 0 Å². The number of hydrogen-bond acceptors (Lipinski definition) is 2. The van der Waals surface area contributed by atoms with Crippen molar-refractivity contribution in [2.24, 2.45) is 11.7 Å². The quantitative estimate of drug-likeness (QED) is 0.891. The van der Waals surface area contributed by atoms with Crippen molar-refractivity contribution in [3.05, 3.63) is 35.4 Å². The minimum atomic E-state index is -0.828. The molecule has 1 aromatic rings. The van der Waals surface area contributed by atoms with Crippen molar-refractivity contribution in [2.75, 3.05) is 13.1 Å². The van der Waals surface area contributed by atoms with Gasteiger partial charge < -0.3 is 5.73 Å². The van der Waals surface area contributed by atoms with Crippen LogP contribution in [0.4, 0.5) is 8.78 Å². The van der Waals surface area contributed by atoms with Gasteiger partial charge in [0.2, 0.25) is 5.91 Å². The molecule has 0 unspecified atom stereocenters. The van der Waals surface area contributed by atoms with Crippen LogP contribution in [-0.4, -0.2) is 23.9 Å². The molecule has 0 aromatic heterocycles. The number of likely N-dealkylation sites (tertiary alicyclic amines) is 1. The summed E-state index contributed by atoms with van der Waals surface area (Å²) in [5.74, 6) is -1.95. The highest BCUT2D eigenvalue weighted by atomic mass is 19.2. The fourth-order valence-electron chi connectivity index (χ4n) is 2.27. The number of carbonyl (C=O) groups is 1. The number of benzene rings is 1. The summed E-state index contributed by atoms with van der Waals surface area (Å²) < 4.78 is 25.8. The molecule has 1 heterocycles. The first-order valence-corrected chi connectivity index (χ1v) is 6.02. The molecule has 1 amide bonds. The van der Waals surface area contributed by atoms with E-state index in [0.717, 1.165) is 37.6 Å². The smallest absolute Gasteiger partial charge is 0.220 e. The SMILES string of the molecule is NC(=O)C1CCN(Cc2ccc(F)c(F)c2)CC1. The molecule has 0 spiro atoms. The molecular weight excluding hydrogens is 238 g/mol. The highest BCUT2D eigenvalue weighted by molar-refractivity contribution is 5.76. The Hall–Kier alpha value is -1.49. The number of piperidine rings is 1. The Bertz CT molecular complexity index is 443. The molecule has 2 rings (SSSR count). The Morgan fingerprint density at radius 1 is 1.28 bits per heavy atom. The highest BCUT2D eigenvalue weighted by Gasteiger charge is 2.23. The lowest BCUT2D eigenvalue weighted by Gasteiger charge is -2.30. The summed E-state index contributed by atoms with van der Waals surface area (Å²) in [6.45, 7) is 2.09. The van der Waals surface area contributed by atoms with Crippen molar-refractivity contribution in [2.45, 2.75) is 19.4 Å². The zero-order chi connectivity index (χ0) is 13.1. The van der Waals surface area contributed by atoms with E-state index in [1.54, 1.807) is 6.07 Å². The molecule has 0 bridgehead atoms. The van der Waals surface area contributed by atoms with Crippen LogP contribution in [0.2, 0.25) is 0 Å². The minimum Gasteiger partial charge on any atom is -0.369 e. The number of primary amides is 1. The number of amides is 1. The molecule has 1 saturated heterocycles. The number of nitrogens with zero attached hydrogens (tertiary/aromatic N) is 1. The zero-order valence-electron chi connectivity index (χ0n) is 10.0. The van der Waals surface area contributed by atoms with Gasteiger partial charge in [0.1, 0.15) is 0 Å². The van der Waals surface area contributed by atoms with Crippen LogP contribution in [0, 0.1) is 17.6 Å². The Balaban J connectivity index is 1.91. The Morgan fingerprint density at radius 2 is 1.94 bits per heavy atom. The lowest BCUT2D eigenvalue weighted by molar-refractivity contribution is -0.123. The van der Waals surface area contributed by atoms with E-state index in [2.05, 4.69) is 4.90 Å². The first kappa shape index (κ1) is 13.0. The van der Waals surface area contributed by atoms with E-state index in [1.807, 2.05) is 0 Å². The predicted octanol–water partition coefficient (Wildman–Crippen LogP) is 1.66. The second-order valence-electron chi connectivity index (χ2n) is 4.70. The summed E-state index contributed by atoms with van der Waals surface area (Å²) >= 11 is 0. The van der Waals surface area contributed by atoms with Crippen molar-refractivity contribution < 1.29 is 13.6 Å². The van der Waals surface area contributed by atoms with E-state index in [4.69, 9.17) is 5.73 Å². The van der Waals surface area contributed by atoms with Crippen molar-refractivity contribution in [3.63, 3.8) is 0 Å². The average molecular weight is 254 g/mol. The van der Waals surface area contributed by atoms with Crippen LogP contribution in [0.3, 0.4) is 0 Å². The first-order valence-electron chi connectivity index (χ1n) is 6.02. The Labute approximate surface area is 105 Å². The third-order valence-corrected chi connectivity index (χ3v) is 3.38. The van der Waals surface area contributed by atoms with Crippen LogP contribution in [0.1, 0.15) is 18.4 Å². The number of nitrogens with two attached hydrogens (primary N) is 1. The molecule has 0 radical (unpaired) electrons. The van der Waals surface area contributed by atoms with Crippen molar-refractivity contribution in [1.29, 1.82) is 0 Å². The molecule has 0 atom stereocenters. The van der Waals surface area contributed by atoms with Crippen LogP contribution in [0.25, 0.3) is 0 Å². The van der Waals surface area contributed by atoms with Crippen LogP contribution in [-0.2, 0) is 11.3 Å². The second kappa shape index (κ2) is 5.44. The maximum absolute atomic E-state index is 13.0. The standard InChI is InChI=1S/C13H16F2N2O/c14-11-2-1-9(7-12(11)15)8-17-5-3-10(4-6-17)13(16)18/h1-2,7,10H,3-6,8H2,(H2,16,18). The van der Waals surface area contributed by atoms with Gasteiger partial charge in [-0.2, -0.15) is 0 Å². The lowest BCUT2D eigenvalue weighted by atomic mass is 9.96. The van der Waals surface area contributed by atoms with Gasteiger partial charge in [-0.1, -0.05) is 6.07 Å². The first-order chi connectivity index (χ1) is 8.56. The average Bonchev–Trinajstić information content (AvgIpc) is 2.34. The summed E-state index contributed by atoms with van der Waals surface area (Å²) in [4.78, 5) is 13.1. The second-order valence-corrected chi connectivity index (χ2v) is 4.70. The molecule has 3 nitrogen and oxygen atoms in total. The third kappa shape index (κ3) is 3.04. The minimum absolute atomic E-state index is 0.0498. The fraction of sp³-hybridized carbons (Fsp3) is 0.462. The Kier molecular flexibility index (Phi) is 3.91. The van der Waals surface area contributed by atoms with Gasteiger partial charge in [0.25, 0.3) is 0 Å². The third-order valence-electron chi connectivity index (χ3n) is 3.38. The van der Waals surface area contributed by atoms with E-state index in [9.17, 15) is 13.6 Å². The molecule has 0 saturated carbocycles. The van der Waals surface area contributed by atoms with E-state index >= 15 is 0 Å². The lowest BCUT2D eigenvalue weighted by Crippen LogP contribution is -2.38.